The van der Waals surface area contributed by atoms with Gasteiger partial charge in [-0.25, -0.2) is 0 Å². The van der Waals surface area contributed by atoms with Crippen LogP contribution in [0.15, 0.2) is 12.2 Å². The van der Waals surface area contributed by atoms with Crippen LogP contribution in [0.25, 0.3) is 0 Å². The Morgan fingerprint density at radius 2 is 2.07 bits per heavy atom. The predicted molar refractivity (Wildman–Crippen MR) is 59.5 cm³/mol. The third kappa shape index (κ3) is 2.60. The number of rotatable bonds is 6. The summed E-state index contributed by atoms with van der Waals surface area (Å²) in [5, 5.41) is 3.43. The Labute approximate surface area is 91.8 Å². The van der Waals surface area contributed by atoms with E-state index in [0.717, 1.165) is 30.8 Å². The standard InChI is InChI=1S/C12H21NO2/c1-14-12(15-2)8-13-7-11-6-9-3-4-10(11)5-9/h3-4,9-13H,5-8H2,1-2H3. The van der Waals surface area contributed by atoms with Gasteiger partial charge in [-0.05, 0) is 37.1 Å². The molecule has 0 radical (unpaired) electrons. The van der Waals surface area contributed by atoms with Crippen molar-refractivity contribution in [1.29, 1.82) is 0 Å². The molecule has 3 nitrogen and oxygen atoms in total. The van der Waals surface area contributed by atoms with Crippen molar-refractivity contribution in [1.82, 2.24) is 5.32 Å². The fraction of sp³-hybridized carbons (Fsp3) is 0.833. The molecule has 86 valence electrons. The summed E-state index contributed by atoms with van der Waals surface area (Å²) < 4.78 is 10.3. The van der Waals surface area contributed by atoms with Gasteiger partial charge in [0.05, 0.1) is 0 Å². The molecule has 3 unspecified atom stereocenters. The van der Waals surface area contributed by atoms with E-state index in [2.05, 4.69) is 17.5 Å². The second-order valence-electron chi connectivity index (χ2n) is 4.60. The average Bonchev–Trinajstić information content (AvgIpc) is 2.86. The highest BCUT2D eigenvalue weighted by Gasteiger charge is 2.34. The number of hydrogen-bond donors (Lipinski definition) is 1. The van der Waals surface area contributed by atoms with Crippen molar-refractivity contribution in [2.24, 2.45) is 17.8 Å². The Balaban J connectivity index is 1.64. The zero-order chi connectivity index (χ0) is 10.7. The van der Waals surface area contributed by atoms with E-state index in [9.17, 15) is 0 Å². The van der Waals surface area contributed by atoms with Crippen LogP contribution in [0, 0.1) is 17.8 Å². The molecular weight excluding hydrogens is 190 g/mol. The second kappa shape index (κ2) is 5.10. The Bertz CT molecular complexity index is 226. The van der Waals surface area contributed by atoms with Gasteiger partial charge < -0.3 is 14.8 Å². The molecule has 1 fully saturated rings. The Morgan fingerprint density at radius 3 is 2.60 bits per heavy atom. The molecule has 0 aromatic heterocycles. The molecule has 3 heteroatoms. The molecule has 2 bridgehead atoms. The van der Waals surface area contributed by atoms with Gasteiger partial charge in [-0.15, -0.1) is 0 Å². The van der Waals surface area contributed by atoms with Crippen LogP contribution in [0.1, 0.15) is 12.8 Å². The number of methoxy groups -OCH3 is 2. The molecule has 0 heterocycles. The fourth-order valence-electron chi connectivity index (χ4n) is 2.78. The third-order valence-electron chi connectivity index (χ3n) is 3.66. The van der Waals surface area contributed by atoms with Gasteiger partial charge in [0.2, 0.25) is 0 Å². The van der Waals surface area contributed by atoms with Crippen LogP contribution in [-0.2, 0) is 9.47 Å². The summed E-state index contributed by atoms with van der Waals surface area (Å²) in [4.78, 5) is 0. The molecule has 0 aromatic rings. The van der Waals surface area contributed by atoms with Gasteiger partial charge in [-0.2, -0.15) is 0 Å². The molecule has 0 aromatic carbocycles. The maximum Gasteiger partial charge on any atom is 0.169 e. The summed E-state index contributed by atoms with van der Waals surface area (Å²) in [6.45, 7) is 1.87. The minimum Gasteiger partial charge on any atom is -0.355 e. The van der Waals surface area contributed by atoms with Gasteiger partial charge in [-0.3, -0.25) is 0 Å². The van der Waals surface area contributed by atoms with Crippen molar-refractivity contribution in [3.8, 4) is 0 Å². The van der Waals surface area contributed by atoms with E-state index in [1.54, 1.807) is 14.2 Å². The highest BCUT2D eigenvalue weighted by Crippen LogP contribution is 2.42. The van der Waals surface area contributed by atoms with E-state index in [4.69, 9.17) is 9.47 Å². The Kier molecular flexibility index (Phi) is 3.78. The molecule has 0 saturated heterocycles. The largest absolute Gasteiger partial charge is 0.355 e. The van der Waals surface area contributed by atoms with E-state index in [0.29, 0.717) is 0 Å². The van der Waals surface area contributed by atoms with E-state index < -0.39 is 0 Å². The van der Waals surface area contributed by atoms with Gasteiger partial charge >= 0.3 is 0 Å². The lowest BCUT2D eigenvalue weighted by Gasteiger charge is -2.20. The highest BCUT2D eigenvalue weighted by atomic mass is 16.7. The van der Waals surface area contributed by atoms with Crippen molar-refractivity contribution >= 4 is 0 Å². The number of allylic oxidation sites excluding steroid dienone is 2. The maximum absolute atomic E-state index is 5.13. The number of nitrogens with one attached hydrogen (secondary N) is 1. The van der Waals surface area contributed by atoms with Crippen LogP contribution in [-0.4, -0.2) is 33.6 Å². The monoisotopic (exact) mass is 211 g/mol. The summed E-state index contributed by atoms with van der Waals surface area (Å²) in [5.74, 6) is 2.52. The van der Waals surface area contributed by atoms with Crippen molar-refractivity contribution in [2.45, 2.75) is 19.1 Å². The summed E-state index contributed by atoms with van der Waals surface area (Å²) >= 11 is 0. The van der Waals surface area contributed by atoms with Gasteiger partial charge in [-0.1, -0.05) is 12.2 Å². The van der Waals surface area contributed by atoms with Crippen molar-refractivity contribution < 1.29 is 9.47 Å². The van der Waals surface area contributed by atoms with Crippen LogP contribution in [0.4, 0.5) is 0 Å². The molecule has 3 atom stereocenters. The first-order valence-electron chi connectivity index (χ1n) is 5.78. The molecule has 2 aliphatic rings. The first-order chi connectivity index (χ1) is 7.33. The second-order valence-corrected chi connectivity index (χ2v) is 4.60. The van der Waals surface area contributed by atoms with Crippen molar-refractivity contribution in [3.05, 3.63) is 12.2 Å². The lowest BCUT2D eigenvalue weighted by molar-refractivity contribution is -0.0990. The highest BCUT2D eigenvalue weighted by molar-refractivity contribution is 5.10. The van der Waals surface area contributed by atoms with Gasteiger partial charge in [0.25, 0.3) is 0 Å². The van der Waals surface area contributed by atoms with Gasteiger partial charge in [0, 0.05) is 20.8 Å². The molecule has 0 spiro atoms. The number of hydrogen-bond acceptors (Lipinski definition) is 3. The molecule has 2 rings (SSSR count). The zero-order valence-electron chi connectivity index (χ0n) is 9.61. The molecule has 1 N–H and O–H groups in total. The fourth-order valence-corrected chi connectivity index (χ4v) is 2.78. The molecule has 0 amide bonds. The summed E-state index contributed by atoms with van der Waals surface area (Å²) in [7, 11) is 3.35. The van der Waals surface area contributed by atoms with Crippen molar-refractivity contribution in [2.75, 3.05) is 27.3 Å². The summed E-state index contributed by atoms with van der Waals surface area (Å²) in [6, 6.07) is 0. The minimum atomic E-state index is -0.112. The zero-order valence-corrected chi connectivity index (χ0v) is 9.61. The van der Waals surface area contributed by atoms with Crippen LogP contribution < -0.4 is 5.32 Å². The summed E-state index contributed by atoms with van der Waals surface area (Å²) in [5.41, 5.74) is 0. The van der Waals surface area contributed by atoms with E-state index in [-0.39, 0.29) is 6.29 Å². The van der Waals surface area contributed by atoms with Crippen LogP contribution in [0.2, 0.25) is 0 Å². The third-order valence-corrected chi connectivity index (χ3v) is 3.66. The lowest BCUT2D eigenvalue weighted by Crippen LogP contribution is -2.34. The van der Waals surface area contributed by atoms with E-state index in [1.807, 2.05) is 0 Å². The smallest absolute Gasteiger partial charge is 0.169 e. The first-order valence-corrected chi connectivity index (χ1v) is 5.78. The first kappa shape index (κ1) is 11.1. The minimum absolute atomic E-state index is 0.112. The maximum atomic E-state index is 5.13. The van der Waals surface area contributed by atoms with Gasteiger partial charge in [0.1, 0.15) is 0 Å². The molecular formula is C12H21NO2. The quantitative estimate of drug-likeness (QED) is 0.532. The Hall–Kier alpha value is -0.380. The van der Waals surface area contributed by atoms with Crippen LogP contribution >= 0.6 is 0 Å². The Morgan fingerprint density at radius 1 is 1.27 bits per heavy atom. The molecule has 0 aliphatic heterocycles. The lowest BCUT2D eigenvalue weighted by atomic mass is 9.94. The molecule has 1 saturated carbocycles. The topological polar surface area (TPSA) is 30.5 Å². The van der Waals surface area contributed by atoms with Gasteiger partial charge in [0.15, 0.2) is 6.29 Å². The molecule has 15 heavy (non-hydrogen) atoms. The predicted octanol–water partition coefficient (Wildman–Crippen LogP) is 1.41. The van der Waals surface area contributed by atoms with E-state index >= 15 is 0 Å². The molecule has 2 aliphatic carbocycles. The summed E-state index contributed by atoms with van der Waals surface area (Å²) in [6.07, 6.45) is 7.40. The number of fused-ring (bicyclic) bond motifs is 2. The van der Waals surface area contributed by atoms with Crippen molar-refractivity contribution in [3.63, 3.8) is 0 Å². The van der Waals surface area contributed by atoms with Crippen LogP contribution in [0.3, 0.4) is 0 Å². The SMILES string of the molecule is COC(CNCC1CC2C=CC1C2)OC. The van der Waals surface area contributed by atoms with E-state index in [1.165, 1.54) is 12.8 Å². The average molecular weight is 211 g/mol. The number of ether oxygens (including phenoxy) is 2. The normalized spacial score (nSPS) is 33.1. The van der Waals surface area contributed by atoms with Crippen LogP contribution in [0.5, 0.6) is 0 Å².